The summed E-state index contributed by atoms with van der Waals surface area (Å²) in [7, 11) is 1.44. The van der Waals surface area contributed by atoms with Gasteiger partial charge in [0.15, 0.2) is 0 Å². The fraction of sp³-hybridized carbons (Fsp3) is 0.350. The van der Waals surface area contributed by atoms with Crippen molar-refractivity contribution in [2.45, 2.75) is 31.3 Å². The van der Waals surface area contributed by atoms with Crippen molar-refractivity contribution in [2.24, 2.45) is 0 Å². The molecule has 0 radical (unpaired) electrons. The van der Waals surface area contributed by atoms with E-state index in [4.69, 9.17) is 9.84 Å². The molecule has 1 N–H and O–H groups in total. The van der Waals surface area contributed by atoms with Crippen molar-refractivity contribution < 1.29 is 19.0 Å². The lowest BCUT2D eigenvalue weighted by molar-refractivity contribution is 0.0588. The number of rotatable bonds is 5. The van der Waals surface area contributed by atoms with E-state index in [1.165, 1.54) is 24.5 Å². The summed E-state index contributed by atoms with van der Waals surface area (Å²) in [4.78, 5) is 22.8. The predicted molar refractivity (Wildman–Crippen MR) is 115 cm³/mol. The van der Waals surface area contributed by atoms with Crippen LogP contribution in [-0.4, -0.2) is 46.2 Å². The Morgan fingerprint density at radius 1 is 1.28 bits per heavy atom. The van der Waals surface area contributed by atoms with Gasteiger partial charge in [0.25, 0.3) is 0 Å². The number of hydrogen-bond acceptors (Lipinski definition) is 7. The molecule has 0 aliphatic rings. The molecule has 0 atom stereocenters. The van der Waals surface area contributed by atoms with Gasteiger partial charge in [-0.2, -0.15) is 4.39 Å². The first-order chi connectivity index (χ1) is 13.7. The number of anilines is 1. The summed E-state index contributed by atoms with van der Waals surface area (Å²) >= 11 is 2.97. The van der Waals surface area contributed by atoms with Crippen LogP contribution in [-0.2, 0) is 4.74 Å². The van der Waals surface area contributed by atoms with Gasteiger partial charge in [-0.25, -0.2) is 14.8 Å². The highest BCUT2D eigenvalue weighted by Crippen LogP contribution is 2.33. The summed E-state index contributed by atoms with van der Waals surface area (Å²) in [5.41, 5.74) is 0.557. The highest BCUT2D eigenvalue weighted by molar-refractivity contribution is 7.99. The highest BCUT2D eigenvalue weighted by Gasteiger charge is 2.23. The number of aromatic nitrogens is 2. The fourth-order valence-corrected chi connectivity index (χ4v) is 4.23. The molecular formula is C20H22FN3O3S2. The van der Waals surface area contributed by atoms with Gasteiger partial charge in [0.1, 0.15) is 22.0 Å². The average Bonchev–Trinajstić information content (AvgIpc) is 3.07. The normalized spacial score (nSPS) is 11.7. The number of thioether (sulfide) groups is 1. The molecule has 1 aromatic carbocycles. The Morgan fingerprint density at radius 3 is 2.69 bits per heavy atom. The number of amides is 1. The van der Waals surface area contributed by atoms with Crippen LogP contribution in [0.5, 0.6) is 0 Å². The topological polar surface area (TPSA) is 75.6 Å². The van der Waals surface area contributed by atoms with Crippen LogP contribution in [0.25, 0.3) is 20.9 Å². The number of halogens is 1. The molecule has 2 aromatic heterocycles. The Balaban J connectivity index is 1.85. The van der Waals surface area contributed by atoms with Crippen LogP contribution in [0.1, 0.15) is 20.8 Å². The highest BCUT2D eigenvalue weighted by atomic mass is 32.2. The Morgan fingerprint density at radius 2 is 2.03 bits per heavy atom. The number of benzene rings is 1. The molecule has 9 heteroatoms. The van der Waals surface area contributed by atoms with E-state index < -0.39 is 17.6 Å². The van der Waals surface area contributed by atoms with Gasteiger partial charge in [-0.3, -0.25) is 4.90 Å². The summed E-state index contributed by atoms with van der Waals surface area (Å²) in [5, 5.41) is 9.56. The van der Waals surface area contributed by atoms with E-state index in [0.29, 0.717) is 16.5 Å². The van der Waals surface area contributed by atoms with Crippen LogP contribution in [0.2, 0.25) is 0 Å². The second kappa shape index (κ2) is 8.64. The zero-order valence-corrected chi connectivity index (χ0v) is 18.2. The smallest absolute Gasteiger partial charge is 0.414 e. The molecule has 154 valence electrons. The lowest BCUT2D eigenvalue weighted by Crippen LogP contribution is -2.34. The van der Waals surface area contributed by atoms with Crippen molar-refractivity contribution >= 4 is 45.1 Å². The minimum absolute atomic E-state index is 0.0341. The molecule has 0 fully saturated rings. The number of aliphatic hydroxyl groups is 1. The van der Waals surface area contributed by atoms with Crippen LogP contribution in [0.4, 0.5) is 14.9 Å². The summed E-state index contributed by atoms with van der Waals surface area (Å²) in [5.74, 6) is -0.148. The Bertz CT molecular complexity index is 1030. The number of carbonyl (C=O) groups is 1. The summed E-state index contributed by atoms with van der Waals surface area (Å²) < 4.78 is 20.9. The summed E-state index contributed by atoms with van der Waals surface area (Å²) in [6.07, 6.45) is -0.654. The molecule has 0 bridgehead atoms. The second-order valence-electron chi connectivity index (χ2n) is 7.27. The van der Waals surface area contributed by atoms with Crippen LogP contribution < -0.4 is 4.90 Å². The number of aliphatic hydroxyl groups excluding tert-OH is 1. The van der Waals surface area contributed by atoms with E-state index in [2.05, 4.69) is 9.97 Å². The number of thiazole rings is 1. The van der Waals surface area contributed by atoms with E-state index in [1.807, 2.05) is 18.2 Å². The standard InChI is InChI=1S/C20H22FN3O3S2/c1-20(2,3)27-19(26)24(4)15-8-7-14(22-17(15)21)18-23-13-6-5-12(28-10-9-25)11-16(13)29-18/h5-8,11,25H,9-10H2,1-4H3. The number of carbonyl (C=O) groups excluding carboxylic acids is 1. The number of fused-ring (bicyclic) bond motifs is 1. The van der Waals surface area contributed by atoms with Gasteiger partial charge in [0.2, 0.25) is 5.95 Å². The molecule has 0 aliphatic carbocycles. The molecule has 2 heterocycles. The number of nitrogens with zero attached hydrogens (tertiary/aromatic N) is 3. The van der Waals surface area contributed by atoms with Gasteiger partial charge >= 0.3 is 6.09 Å². The van der Waals surface area contributed by atoms with Gasteiger partial charge in [-0.15, -0.1) is 23.1 Å². The second-order valence-corrected chi connectivity index (χ2v) is 9.47. The number of ether oxygens (including phenoxy) is 1. The van der Waals surface area contributed by atoms with E-state index in [0.717, 1.165) is 20.0 Å². The Kier molecular flexibility index (Phi) is 6.40. The lowest BCUT2D eigenvalue weighted by atomic mass is 10.2. The van der Waals surface area contributed by atoms with Crippen LogP contribution in [0.15, 0.2) is 35.2 Å². The predicted octanol–water partition coefficient (Wildman–Crippen LogP) is 4.95. The minimum atomic E-state index is -0.769. The molecule has 1 amide bonds. The van der Waals surface area contributed by atoms with Gasteiger partial charge in [0.05, 0.1) is 16.8 Å². The zero-order valence-electron chi connectivity index (χ0n) is 16.6. The van der Waals surface area contributed by atoms with E-state index in [9.17, 15) is 9.18 Å². The van der Waals surface area contributed by atoms with E-state index in [-0.39, 0.29) is 12.3 Å². The lowest BCUT2D eigenvalue weighted by Gasteiger charge is -2.24. The molecule has 0 saturated heterocycles. The van der Waals surface area contributed by atoms with Gasteiger partial charge in [-0.1, -0.05) is 0 Å². The molecular weight excluding hydrogens is 413 g/mol. The first kappa shape index (κ1) is 21.5. The Hall–Kier alpha value is -2.23. The monoisotopic (exact) mass is 435 g/mol. The van der Waals surface area contributed by atoms with Crippen molar-refractivity contribution in [2.75, 3.05) is 24.3 Å². The number of pyridine rings is 1. The van der Waals surface area contributed by atoms with Crippen LogP contribution in [0.3, 0.4) is 0 Å². The average molecular weight is 436 g/mol. The molecule has 0 unspecified atom stereocenters. The largest absolute Gasteiger partial charge is 0.443 e. The minimum Gasteiger partial charge on any atom is -0.443 e. The van der Waals surface area contributed by atoms with E-state index in [1.54, 1.807) is 38.6 Å². The molecule has 3 rings (SSSR count). The maximum Gasteiger partial charge on any atom is 0.414 e. The quantitative estimate of drug-likeness (QED) is 0.451. The first-order valence-corrected chi connectivity index (χ1v) is 10.8. The maximum absolute atomic E-state index is 14.6. The molecule has 0 aliphatic heterocycles. The maximum atomic E-state index is 14.6. The fourth-order valence-electron chi connectivity index (χ4n) is 2.49. The SMILES string of the molecule is CN(C(=O)OC(C)(C)C)c1ccc(-c2nc3ccc(SCCO)cc3s2)nc1F. The zero-order chi connectivity index (χ0) is 21.2. The third kappa shape index (κ3) is 5.23. The molecule has 6 nitrogen and oxygen atoms in total. The summed E-state index contributed by atoms with van der Waals surface area (Å²) in [6.45, 7) is 5.36. The first-order valence-electron chi connectivity index (χ1n) is 8.96. The van der Waals surface area contributed by atoms with Gasteiger partial charge in [0, 0.05) is 17.7 Å². The van der Waals surface area contributed by atoms with Crippen molar-refractivity contribution in [3.8, 4) is 10.7 Å². The third-order valence-corrected chi connectivity index (χ3v) is 5.81. The summed E-state index contributed by atoms with van der Waals surface area (Å²) in [6, 6.07) is 8.97. The molecule has 0 spiro atoms. The molecule has 29 heavy (non-hydrogen) atoms. The molecule has 3 aromatic rings. The van der Waals surface area contributed by atoms with Crippen molar-refractivity contribution in [1.82, 2.24) is 9.97 Å². The van der Waals surface area contributed by atoms with E-state index >= 15 is 0 Å². The van der Waals surface area contributed by atoms with Crippen LogP contribution in [0, 0.1) is 5.95 Å². The van der Waals surface area contributed by atoms with Gasteiger partial charge in [-0.05, 0) is 51.1 Å². The Labute approximate surface area is 176 Å². The van der Waals surface area contributed by atoms with Gasteiger partial charge < -0.3 is 9.84 Å². The third-order valence-electron chi connectivity index (χ3n) is 3.80. The van der Waals surface area contributed by atoms with Crippen molar-refractivity contribution in [1.29, 1.82) is 0 Å². The molecule has 0 saturated carbocycles. The number of hydrogen-bond donors (Lipinski definition) is 1. The van der Waals surface area contributed by atoms with Crippen LogP contribution >= 0.6 is 23.1 Å². The van der Waals surface area contributed by atoms with Crippen molar-refractivity contribution in [3.05, 3.63) is 36.3 Å². The van der Waals surface area contributed by atoms with Crippen molar-refractivity contribution in [3.63, 3.8) is 0 Å².